The third-order valence-electron chi connectivity index (χ3n) is 4.07. The van der Waals surface area contributed by atoms with Gasteiger partial charge in [-0.05, 0) is 31.0 Å². The van der Waals surface area contributed by atoms with E-state index in [0.29, 0.717) is 24.3 Å². The molecule has 7 amide bonds. The van der Waals surface area contributed by atoms with E-state index in [0.717, 1.165) is 18.2 Å². The normalized spacial score (nSPS) is 16.1. The number of nitrogens with zero attached hydrogens (tertiary/aromatic N) is 2. The molecule has 0 spiro atoms. The predicted molar refractivity (Wildman–Crippen MR) is 86.7 cm³/mol. The molecule has 0 unspecified atom stereocenters. The van der Waals surface area contributed by atoms with Crippen molar-refractivity contribution in [3.8, 4) is 0 Å². The lowest BCUT2D eigenvalue weighted by Gasteiger charge is -2.24. The number of hydrogen-bond acceptors (Lipinski definition) is 7. The summed E-state index contributed by atoms with van der Waals surface area (Å²) in [6.45, 7) is 0.362. The Morgan fingerprint density at radius 1 is 1.07 bits per heavy atom. The molecule has 0 radical (unpaired) electrons. The van der Waals surface area contributed by atoms with Crippen molar-refractivity contribution in [1.82, 2.24) is 15.1 Å². The number of amides is 7. The summed E-state index contributed by atoms with van der Waals surface area (Å²) in [5.41, 5.74) is 4.71. The van der Waals surface area contributed by atoms with E-state index in [-0.39, 0.29) is 28.1 Å². The van der Waals surface area contributed by atoms with Gasteiger partial charge in [0, 0.05) is 18.7 Å². The average Bonchev–Trinajstić information content (AvgIpc) is 2.78. The second-order valence-electron chi connectivity index (χ2n) is 5.79. The van der Waals surface area contributed by atoms with Crippen LogP contribution in [0.5, 0.6) is 0 Å². The summed E-state index contributed by atoms with van der Waals surface area (Å²) in [6, 6.07) is -0.00603. The third kappa shape index (κ3) is 3.21. The van der Waals surface area contributed by atoms with Crippen molar-refractivity contribution >= 4 is 35.9 Å². The van der Waals surface area contributed by atoms with Crippen molar-refractivity contribution in [3.63, 3.8) is 0 Å². The quantitative estimate of drug-likeness (QED) is 0.533. The van der Waals surface area contributed by atoms with Gasteiger partial charge in [-0.15, -0.1) is 0 Å². The molecule has 3 rings (SSSR count). The lowest BCUT2D eigenvalue weighted by atomic mass is 10.0. The van der Waals surface area contributed by atoms with E-state index in [1.165, 1.54) is 0 Å². The Balaban J connectivity index is 1.92. The molecule has 0 aromatic heterocycles. The number of cyclic esters (lactones) is 2. The molecule has 1 aromatic carbocycles. The van der Waals surface area contributed by atoms with Crippen LogP contribution in [-0.2, 0) is 4.74 Å². The summed E-state index contributed by atoms with van der Waals surface area (Å²) in [4.78, 5) is 72.9. The van der Waals surface area contributed by atoms with Gasteiger partial charge in [-0.2, -0.15) is 4.90 Å². The summed E-state index contributed by atoms with van der Waals surface area (Å²) in [5, 5.41) is 2.47. The molecule has 11 nitrogen and oxygen atoms in total. The zero-order chi connectivity index (χ0) is 19.7. The van der Waals surface area contributed by atoms with E-state index in [1.807, 2.05) is 0 Å². The molecule has 0 aliphatic carbocycles. The zero-order valence-electron chi connectivity index (χ0n) is 13.9. The van der Waals surface area contributed by atoms with Crippen LogP contribution in [0.3, 0.4) is 0 Å². The van der Waals surface area contributed by atoms with E-state index in [1.54, 1.807) is 0 Å². The minimum absolute atomic E-state index is 0.00669. The lowest BCUT2D eigenvalue weighted by molar-refractivity contribution is 0.0443. The SMILES string of the molecule is NC(=O)N(C(=O)c1ccc2c(c1)C(=O)OC2=O)C(=O)N1CCCCNC1=O. The number of esters is 2. The largest absolute Gasteiger partial charge is 0.386 e. The van der Waals surface area contributed by atoms with E-state index in [9.17, 15) is 28.8 Å². The Hall–Kier alpha value is -3.76. The Kier molecular flexibility index (Phi) is 4.59. The molecule has 2 heterocycles. The molecular formula is C16H14N4O7. The number of nitrogens with one attached hydrogen (secondary N) is 1. The van der Waals surface area contributed by atoms with E-state index in [4.69, 9.17) is 5.73 Å². The van der Waals surface area contributed by atoms with Crippen molar-refractivity contribution < 1.29 is 33.5 Å². The zero-order valence-corrected chi connectivity index (χ0v) is 13.9. The fourth-order valence-corrected chi connectivity index (χ4v) is 2.72. The highest BCUT2D eigenvalue weighted by molar-refractivity contribution is 6.19. The number of carbonyl (C=O) groups is 6. The van der Waals surface area contributed by atoms with Gasteiger partial charge >= 0.3 is 30.0 Å². The molecule has 0 saturated carbocycles. The van der Waals surface area contributed by atoms with Gasteiger partial charge in [-0.25, -0.2) is 28.9 Å². The highest BCUT2D eigenvalue weighted by Gasteiger charge is 2.37. The monoisotopic (exact) mass is 374 g/mol. The number of benzene rings is 1. The fourth-order valence-electron chi connectivity index (χ4n) is 2.72. The van der Waals surface area contributed by atoms with Crippen molar-refractivity contribution in [3.05, 3.63) is 34.9 Å². The van der Waals surface area contributed by atoms with Gasteiger partial charge in [0.1, 0.15) is 0 Å². The molecule has 1 fully saturated rings. The van der Waals surface area contributed by atoms with Crippen LogP contribution in [0.2, 0.25) is 0 Å². The molecule has 27 heavy (non-hydrogen) atoms. The number of nitrogens with two attached hydrogens (primary N) is 1. The Bertz CT molecular complexity index is 895. The number of rotatable bonds is 1. The molecular weight excluding hydrogens is 360 g/mol. The number of fused-ring (bicyclic) bond motifs is 1. The van der Waals surface area contributed by atoms with E-state index in [2.05, 4.69) is 10.1 Å². The minimum atomic E-state index is -1.39. The number of imide groups is 4. The summed E-state index contributed by atoms with van der Waals surface area (Å²) in [5.74, 6) is -2.95. The lowest BCUT2D eigenvalue weighted by Crippen LogP contribution is -2.54. The van der Waals surface area contributed by atoms with E-state index < -0.39 is 35.9 Å². The van der Waals surface area contributed by atoms with Gasteiger partial charge < -0.3 is 15.8 Å². The first-order chi connectivity index (χ1) is 12.8. The average molecular weight is 374 g/mol. The van der Waals surface area contributed by atoms with Crippen LogP contribution in [0.4, 0.5) is 14.4 Å². The van der Waals surface area contributed by atoms with E-state index >= 15 is 0 Å². The standard InChI is InChI=1S/C16H14N4O7/c17-14(24)20(16(26)19-6-2-1-5-18-15(19)25)11(21)8-3-4-9-10(7-8)13(23)27-12(9)22/h3-4,7H,1-2,5-6H2,(H2,17,24)(H,18,25). The van der Waals surface area contributed by atoms with Gasteiger partial charge in [0.25, 0.3) is 5.91 Å². The molecule has 0 bridgehead atoms. The van der Waals surface area contributed by atoms with Crippen LogP contribution < -0.4 is 11.1 Å². The maximum absolute atomic E-state index is 12.7. The number of carbonyl (C=O) groups excluding carboxylic acids is 6. The first kappa shape index (κ1) is 18.0. The molecule has 3 N–H and O–H groups in total. The van der Waals surface area contributed by atoms with Gasteiger partial charge in [0.15, 0.2) is 0 Å². The van der Waals surface area contributed by atoms with Crippen molar-refractivity contribution in [2.24, 2.45) is 5.73 Å². The Morgan fingerprint density at radius 3 is 2.48 bits per heavy atom. The van der Waals surface area contributed by atoms with Gasteiger partial charge in [0.2, 0.25) is 0 Å². The predicted octanol–water partition coefficient (Wildman–Crippen LogP) is 0.444. The van der Waals surface area contributed by atoms with Crippen molar-refractivity contribution in [1.29, 1.82) is 0 Å². The van der Waals surface area contributed by atoms with Crippen molar-refractivity contribution in [2.75, 3.05) is 13.1 Å². The molecule has 2 aliphatic heterocycles. The van der Waals surface area contributed by atoms with Crippen LogP contribution in [-0.4, -0.2) is 58.8 Å². The summed E-state index contributed by atoms with van der Waals surface area (Å²) in [7, 11) is 0. The minimum Gasteiger partial charge on any atom is -0.386 e. The molecule has 11 heteroatoms. The second kappa shape index (κ2) is 6.86. The summed E-state index contributed by atoms with van der Waals surface area (Å²) in [6.07, 6.45) is 1.11. The molecule has 1 saturated heterocycles. The Morgan fingerprint density at radius 2 is 1.78 bits per heavy atom. The van der Waals surface area contributed by atoms with Crippen molar-refractivity contribution in [2.45, 2.75) is 12.8 Å². The fraction of sp³-hybridized carbons (Fsp3) is 0.250. The third-order valence-corrected chi connectivity index (χ3v) is 4.07. The molecule has 1 aromatic rings. The molecule has 140 valence electrons. The number of primary amides is 1. The van der Waals surface area contributed by atoms with Gasteiger partial charge in [-0.1, -0.05) is 0 Å². The van der Waals surface area contributed by atoms with Crippen LogP contribution >= 0.6 is 0 Å². The summed E-state index contributed by atoms with van der Waals surface area (Å²) < 4.78 is 4.42. The molecule has 0 atom stereocenters. The Labute approximate surface area is 152 Å². The highest BCUT2D eigenvalue weighted by atomic mass is 16.6. The number of urea groups is 3. The number of ether oxygens (including phenoxy) is 1. The van der Waals surface area contributed by atoms with Gasteiger partial charge in [-0.3, -0.25) is 4.79 Å². The maximum Gasteiger partial charge on any atom is 0.346 e. The highest BCUT2D eigenvalue weighted by Crippen LogP contribution is 2.22. The van der Waals surface area contributed by atoms with Crippen LogP contribution in [0, 0.1) is 0 Å². The van der Waals surface area contributed by atoms with Gasteiger partial charge in [0.05, 0.1) is 11.1 Å². The summed E-state index contributed by atoms with van der Waals surface area (Å²) >= 11 is 0. The number of hydrogen-bond donors (Lipinski definition) is 2. The maximum atomic E-state index is 12.7. The van der Waals surface area contributed by atoms with Crippen LogP contribution in [0.15, 0.2) is 18.2 Å². The first-order valence-electron chi connectivity index (χ1n) is 7.95. The topological polar surface area (TPSA) is 156 Å². The second-order valence-corrected chi connectivity index (χ2v) is 5.79. The smallest absolute Gasteiger partial charge is 0.346 e. The molecule has 2 aliphatic rings. The van der Waals surface area contributed by atoms with Crippen LogP contribution in [0.25, 0.3) is 0 Å². The first-order valence-corrected chi connectivity index (χ1v) is 7.95. The van der Waals surface area contributed by atoms with Crippen LogP contribution in [0.1, 0.15) is 43.9 Å².